The average molecular weight is 199 g/mol. The summed E-state index contributed by atoms with van der Waals surface area (Å²) >= 11 is 1.43. The van der Waals surface area contributed by atoms with Crippen molar-refractivity contribution in [2.75, 3.05) is 11.1 Å². The summed E-state index contributed by atoms with van der Waals surface area (Å²) in [4.78, 5) is 15.8. The third-order valence-corrected chi connectivity index (χ3v) is 2.78. The number of nitrogen functional groups attached to an aromatic ring is 1. The number of thiazole rings is 1. The van der Waals surface area contributed by atoms with Crippen molar-refractivity contribution in [3.63, 3.8) is 0 Å². The Morgan fingerprint density at radius 1 is 1.62 bits per heavy atom. The third-order valence-electron chi connectivity index (χ3n) is 1.49. The van der Waals surface area contributed by atoms with E-state index in [9.17, 15) is 4.79 Å². The highest BCUT2D eigenvalue weighted by molar-refractivity contribution is 7.16. The Labute approximate surface area is 81.2 Å². The van der Waals surface area contributed by atoms with E-state index < -0.39 is 0 Å². The molecule has 72 valence electrons. The lowest BCUT2D eigenvalue weighted by Gasteiger charge is -1.98. The Morgan fingerprint density at radius 3 is 2.62 bits per heavy atom. The van der Waals surface area contributed by atoms with Crippen LogP contribution in [0.4, 0.5) is 10.9 Å². The summed E-state index contributed by atoms with van der Waals surface area (Å²) in [7, 11) is 0. The van der Waals surface area contributed by atoms with Gasteiger partial charge in [0.2, 0.25) is 5.91 Å². The first-order valence-electron chi connectivity index (χ1n) is 4.04. The normalized spacial score (nSPS) is 10.5. The van der Waals surface area contributed by atoms with Crippen LogP contribution in [0.1, 0.15) is 31.6 Å². The van der Waals surface area contributed by atoms with Gasteiger partial charge in [-0.2, -0.15) is 0 Å². The van der Waals surface area contributed by atoms with Gasteiger partial charge < -0.3 is 11.1 Å². The monoisotopic (exact) mass is 199 g/mol. The molecule has 0 aliphatic rings. The predicted octanol–water partition coefficient (Wildman–Crippen LogP) is 1.81. The summed E-state index contributed by atoms with van der Waals surface area (Å²) in [5, 5.41) is 3.19. The summed E-state index contributed by atoms with van der Waals surface area (Å²) in [5.74, 6) is 0.743. The molecular formula is C8H13N3OS. The lowest BCUT2D eigenvalue weighted by Crippen LogP contribution is -2.05. The Morgan fingerprint density at radius 2 is 2.23 bits per heavy atom. The molecule has 1 rings (SSSR count). The van der Waals surface area contributed by atoms with E-state index in [4.69, 9.17) is 5.73 Å². The van der Waals surface area contributed by atoms with Gasteiger partial charge in [-0.3, -0.25) is 4.79 Å². The van der Waals surface area contributed by atoms with Gasteiger partial charge in [-0.25, -0.2) is 4.98 Å². The molecule has 0 aliphatic heterocycles. The van der Waals surface area contributed by atoms with Crippen molar-refractivity contribution in [2.45, 2.75) is 26.7 Å². The minimum atomic E-state index is -0.121. The van der Waals surface area contributed by atoms with Gasteiger partial charge in [0.1, 0.15) is 5.82 Å². The molecule has 4 nitrogen and oxygen atoms in total. The van der Waals surface area contributed by atoms with Crippen molar-refractivity contribution in [2.24, 2.45) is 0 Å². The van der Waals surface area contributed by atoms with E-state index in [-0.39, 0.29) is 5.91 Å². The topological polar surface area (TPSA) is 68.0 Å². The molecule has 1 heterocycles. The van der Waals surface area contributed by atoms with Crippen LogP contribution in [0.3, 0.4) is 0 Å². The van der Waals surface area contributed by atoms with Gasteiger partial charge in [-0.1, -0.05) is 25.2 Å². The first-order valence-corrected chi connectivity index (χ1v) is 4.86. The van der Waals surface area contributed by atoms with Gasteiger partial charge in [0.15, 0.2) is 5.13 Å². The van der Waals surface area contributed by atoms with Gasteiger partial charge in [0.25, 0.3) is 0 Å². The maximum atomic E-state index is 10.7. The highest BCUT2D eigenvalue weighted by Gasteiger charge is 2.11. The molecule has 0 aromatic carbocycles. The van der Waals surface area contributed by atoms with Gasteiger partial charge in [-0.15, -0.1) is 0 Å². The summed E-state index contributed by atoms with van der Waals surface area (Å²) in [6, 6.07) is 0. The van der Waals surface area contributed by atoms with Crippen molar-refractivity contribution >= 4 is 28.2 Å². The van der Waals surface area contributed by atoms with Crippen LogP contribution in [-0.4, -0.2) is 10.9 Å². The molecule has 13 heavy (non-hydrogen) atoms. The molecule has 1 aromatic rings. The zero-order valence-electron chi connectivity index (χ0n) is 7.92. The van der Waals surface area contributed by atoms with Gasteiger partial charge in [-0.05, 0) is 5.92 Å². The van der Waals surface area contributed by atoms with Crippen LogP contribution >= 0.6 is 11.3 Å². The molecular weight excluding hydrogens is 186 g/mol. The van der Waals surface area contributed by atoms with E-state index >= 15 is 0 Å². The molecule has 0 unspecified atom stereocenters. The maximum Gasteiger partial charge on any atom is 0.223 e. The van der Waals surface area contributed by atoms with Crippen LogP contribution < -0.4 is 11.1 Å². The molecule has 0 bridgehead atoms. The molecule has 0 aliphatic carbocycles. The Balaban J connectivity index is 2.88. The fourth-order valence-electron chi connectivity index (χ4n) is 0.961. The number of amides is 1. The second-order valence-corrected chi connectivity index (χ2v) is 4.14. The minimum Gasteiger partial charge on any atom is -0.383 e. The van der Waals surface area contributed by atoms with Crippen LogP contribution in [0, 0.1) is 0 Å². The largest absolute Gasteiger partial charge is 0.383 e. The van der Waals surface area contributed by atoms with E-state index in [1.54, 1.807) is 0 Å². The number of aromatic nitrogens is 1. The average Bonchev–Trinajstić information content (AvgIpc) is 2.29. The molecule has 0 atom stereocenters. The second kappa shape index (κ2) is 3.74. The SMILES string of the molecule is CC(=O)Nc1nc(N)c(C(C)C)s1. The summed E-state index contributed by atoms with van der Waals surface area (Å²) in [5.41, 5.74) is 5.67. The molecule has 3 N–H and O–H groups in total. The number of carbonyl (C=O) groups is 1. The number of hydrogen-bond acceptors (Lipinski definition) is 4. The van der Waals surface area contributed by atoms with Crippen LogP contribution in [0.2, 0.25) is 0 Å². The van der Waals surface area contributed by atoms with Crippen molar-refractivity contribution in [1.29, 1.82) is 0 Å². The van der Waals surface area contributed by atoms with Crippen molar-refractivity contribution < 1.29 is 4.79 Å². The third kappa shape index (κ3) is 2.42. The highest BCUT2D eigenvalue weighted by Crippen LogP contribution is 2.31. The van der Waals surface area contributed by atoms with E-state index in [2.05, 4.69) is 10.3 Å². The predicted molar refractivity (Wildman–Crippen MR) is 54.9 cm³/mol. The maximum absolute atomic E-state index is 10.7. The fourth-order valence-corrected chi connectivity index (χ4v) is 1.89. The number of nitrogens with zero attached hydrogens (tertiary/aromatic N) is 1. The first-order chi connectivity index (χ1) is 6.00. The van der Waals surface area contributed by atoms with Gasteiger partial charge in [0.05, 0.1) is 4.88 Å². The zero-order valence-corrected chi connectivity index (χ0v) is 8.73. The second-order valence-electron chi connectivity index (χ2n) is 3.10. The Hall–Kier alpha value is -1.10. The summed E-state index contributed by atoms with van der Waals surface area (Å²) in [6.07, 6.45) is 0. The molecule has 0 saturated carbocycles. The number of nitrogens with two attached hydrogens (primary N) is 1. The zero-order chi connectivity index (χ0) is 10.0. The molecule has 0 radical (unpaired) electrons. The summed E-state index contributed by atoms with van der Waals surface area (Å²) < 4.78 is 0. The van der Waals surface area contributed by atoms with Crippen molar-refractivity contribution in [3.05, 3.63) is 4.88 Å². The van der Waals surface area contributed by atoms with Gasteiger partial charge >= 0.3 is 0 Å². The van der Waals surface area contributed by atoms with Gasteiger partial charge in [0, 0.05) is 6.92 Å². The van der Waals surface area contributed by atoms with Crippen LogP contribution in [-0.2, 0) is 4.79 Å². The quantitative estimate of drug-likeness (QED) is 0.763. The minimum absolute atomic E-state index is 0.121. The lowest BCUT2D eigenvalue weighted by atomic mass is 10.2. The Kier molecular flexibility index (Phi) is 2.87. The van der Waals surface area contributed by atoms with Crippen LogP contribution in [0.25, 0.3) is 0 Å². The molecule has 0 spiro atoms. The molecule has 1 aromatic heterocycles. The highest BCUT2D eigenvalue weighted by atomic mass is 32.1. The van der Waals surface area contributed by atoms with Crippen LogP contribution in [0.15, 0.2) is 0 Å². The molecule has 1 amide bonds. The van der Waals surface area contributed by atoms with Crippen molar-refractivity contribution in [3.8, 4) is 0 Å². The fraction of sp³-hybridized carbons (Fsp3) is 0.500. The number of nitrogens with one attached hydrogen (secondary N) is 1. The Bertz CT molecular complexity index is 319. The van der Waals surface area contributed by atoms with E-state index in [0.717, 1.165) is 4.88 Å². The number of rotatable bonds is 2. The summed E-state index contributed by atoms with van der Waals surface area (Å²) in [6.45, 7) is 5.54. The number of hydrogen-bond donors (Lipinski definition) is 2. The smallest absolute Gasteiger partial charge is 0.223 e. The van der Waals surface area contributed by atoms with Crippen molar-refractivity contribution in [1.82, 2.24) is 4.98 Å². The molecule has 5 heteroatoms. The molecule has 0 saturated heterocycles. The standard InChI is InChI=1S/C8H13N3OS/c1-4(2)6-7(9)11-8(13-6)10-5(3)12/h4H,9H2,1-3H3,(H,10,11,12). The van der Waals surface area contributed by atoms with E-state index in [1.165, 1.54) is 18.3 Å². The van der Waals surface area contributed by atoms with E-state index in [0.29, 0.717) is 16.9 Å². The number of anilines is 2. The number of carbonyl (C=O) groups excluding carboxylic acids is 1. The van der Waals surface area contributed by atoms with E-state index in [1.807, 2.05) is 13.8 Å². The lowest BCUT2D eigenvalue weighted by molar-refractivity contribution is -0.114. The first kappa shape index (κ1) is 9.98. The molecule has 0 fully saturated rings. The van der Waals surface area contributed by atoms with Crippen LogP contribution in [0.5, 0.6) is 0 Å².